The number of aliphatic hydroxyl groups excluding tert-OH is 2. The first-order valence-electron chi connectivity index (χ1n) is 31.5. The molecule has 36 heteroatoms. The van der Waals surface area contributed by atoms with Crippen LogP contribution in [0.1, 0.15) is 125 Å². The molecule has 0 spiro atoms. The van der Waals surface area contributed by atoms with E-state index in [1.807, 2.05) is 9.80 Å². The molecule has 0 saturated carbocycles. The topological polar surface area (TPSA) is 407 Å². The number of β-amino-alcohol motifs (C(OH)–C–C–N with tert-alkyl or cyclic N) is 1. The summed E-state index contributed by atoms with van der Waals surface area (Å²) in [7, 11) is 4.91. The Balaban J connectivity index is 0.961. The molecule has 2 fully saturated rings. The summed E-state index contributed by atoms with van der Waals surface area (Å²) in [6, 6.07) is 1.44. The van der Waals surface area contributed by atoms with Gasteiger partial charge in [-0.25, -0.2) is 39.5 Å². The highest BCUT2D eigenvalue weighted by Gasteiger charge is 2.50. The first kappa shape index (κ1) is 69.8. The monoisotopic (exact) mass is 1460 g/mol. The van der Waals surface area contributed by atoms with Gasteiger partial charge in [0.15, 0.2) is 12.4 Å². The van der Waals surface area contributed by atoms with Gasteiger partial charge in [-0.1, -0.05) is 12.1 Å². The van der Waals surface area contributed by atoms with Crippen LogP contribution in [0.3, 0.4) is 0 Å². The Morgan fingerprint density at radius 1 is 0.820 bits per heavy atom. The number of aromatic nitrogens is 7. The van der Waals surface area contributed by atoms with Gasteiger partial charge in [-0.05, 0) is 59.5 Å². The van der Waals surface area contributed by atoms with Crippen LogP contribution in [0.2, 0.25) is 0 Å². The van der Waals surface area contributed by atoms with Crippen LogP contribution < -0.4 is 21.3 Å². The number of methoxy groups -OCH3 is 1. The number of aliphatic hydroxyl groups is 3. The molecule has 12 heterocycles. The minimum absolute atomic E-state index is 0.0123. The first-order chi connectivity index (χ1) is 47.9. The second-order valence-corrected chi connectivity index (χ2v) is 29.1. The van der Waals surface area contributed by atoms with Gasteiger partial charge in [0.2, 0.25) is 5.91 Å². The molecular weight excluding hydrogens is 1400 g/mol. The van der Waals surface area contributed by atoms with Crippen molar-refractivity contribution in [1.82, 2.24) is 70.9 Å². The first-order valence-corrected chi connectivity index (χ1v) is 35.9. The van der Waals surface area contributed by atoms with Crippen LogP contribution in [0.15, 0.2) is 56.9 Å². The molecule has 12 bridgehead atoms. The standard InChI is InChI=1S/C64H68N14O17S5/c1-27(80)43-55(85)74-44(28(2)90-7)58-69-38(25-98-58)54(84)75-48-49-50(95-41-18-64(4,89)51(76(5)6)29(3)94-41)63(88)92-19-30-9-8-10-33-42(30)32(20-91-49)46(65-33)62(87)93-21-34(66-52(82)36-24-99-60(48)70-36)57-67-35(22-97-57)45-31(56-68-37(23-96-56)53(83)73-43)17-40(81)47(72-45)59-71-39(26-100-59)61(86)78-13-11-77(12-14-78)15-16-79/h8-10,17,22-27,29,34,41,43,48-51,65,79-81,89H,11-16,18-21H2,1-7H3,(H,66,82)(H,73,83)(H,74,85)(H,75,84)/b44-28+. The van der Waals surface area contributed by atoms with Crippen molar-refractivity contribution in [1.29, 1.82) is 0 Å². The number of cyclic esters (lactones) is 2. The molecule has 31 nitrogen and oxygen atoms in total. The second-order valence-electron chi connectivity index (χ2n) is 24.8. The van der Waals surface area contributed by atoms with Crippen molar-refractivity contribution in [2.45, 2.75) is 108 Å². The summed E-state index contributed by atoms with van der Waals surface area (Å²) >= 11 is 4.86. The molecule has 8 aromatic rings. The summed E-state index contributed by atoms with van der Waals surface area (Å²) in [5, 5.41) is 64.0. The summed E-state index contributed by atoms with van der Waals surface area (Å²) in [6.45, 7) is 7.10. The van der Waals surface area contributed by atoms with Crippen LogP contribution in [0.25, 0.3) is 49.3 Å². The van der Waals surface area contributed by atoms with E-state index in [0.29, 0.717) is 49.2 Å². The Morgan fingerprint density at radius 3 is 2.23 bits per heavy atom. The Hall–Kier alpha value is -8.63. The molecule has 10 atom stereocenters. The number of ether oxygens (including phenoxy) is 6. The maximum absolute atomic E-state index is 15.2. The van der Waals surface area contributed by atoms with Gasteiger partial charge in [-0.2, -0.15) is 0 Å². The fourth-order valence-corrected chi connectivity index (χ4v) is 17.0. The number of amides is 5. The number of likely N-dealkylation sites (N-methyl/N-ethyl adjacent to an activating group) is 1. The Morgan fingerprint density at radius 2 is 1.50 bits per heavy atom. The lowest BCUT2D eigenvalue weighted by atomic mass is 9.85. The van der Waals surface area contributed by atoms with E-state index in [4.69, 9.17) is 43.4 Å². The summed E-state index contributed by atoms with van der Waals surface area (Å²) in [5.74, 6) is -6.12. The molecule has 526 valence electrons. The predicted octanol–water partition coefficient (Wildman–Crippen LogP) is 4.20. The van der Waals surface area contributed by atoms with E-state index in [2.05, 4.69) is 41.2 Å². The summed E-state index contributed by atoms with van der Waals surface area (Å²) < 4.78 is 38.0. The van der Waals surface area contributed by atoms with Gasteiger partial charge >= 0.3 is 11.9 Å². The van der Waals surface area contributed by atoms with Gasteiger partial charge in [-0.3, -0.25) is 28.9 Å². The number of allylic oxidation sites excluding steroid dienone is 1. The summed E-state index contributed by atoms with van der Waals surface area (Å²) in [4.78, 5) is 140. The number of aromatic amines is 1. The molecular formula is C64H68N14O17S5. The molecule has 0 radical (unpaired) electrons. The largest absolute Gasteiger partial charge is 0.506 e. The van der Waals surface area contributed by atoms with Gasteiger partial charge in [0, 0.05) is 88.1 Å². The Bertz CT molecular complexity index is 4530. The van der Waals surface area contributed by atoms with Crippen LogP contribution in [-0.4, -0.2) is 227 Å². The van der Waals surface area contributed by atoms with E-state index in [1.54, 1.807) is 61.8 Å². The van der Waals surface area contributed by atoms with Crippen molar-refractivity contribution < 1.29 is 82.4 Å². The number of nitrogens with one attached hydrogen (secondary N) is 5. The van der Waals surface area contributed by atoms with Gasteiger partial charge < -0.3 is 84.9 Å². The molecule has 13 rings (SSSR count). The Kier molecular flexibility index (Phi) is 20.1. The molecule has 7 aromatic heterocycles. The van der Waals surface area contributed by atoms with Crippen LogP contribution in [0, 0.1) is 0 Å². The number of thiazole rings is 5. The zero-order valence-corrected chi connectivity index (χ0v) is 58.7. The fraction of sp³-hybridized carbons (Fsp3) is 0.422. The third kappa shape index (κ3) is 14.0. The molecule has 9 N–H and O–H groups in total. The van der Waals surface area contributed by atoms with Crippen molar-refractivity contribution in [3.05, 3.63) is 112 Å². The van der Waals surface area contributed by atoms with E-state index in [0.717, 1.165) is 56.7 Å². The van der Waals surface area contributed by atoms with Crippen molar-refractivity contribution in [3.8, 4) is 38.4 Å². The van der Waals surface area contributed by atoms with Gasteiger partial charge in [-0.15, -0.1) is 56.7 Å². The van der Waals surface area contributed by atoms with Crippen LogP contribution in [0.4, 0.5) is 0 Å². The van der Waals surface area contributed by atoms with Gasteiger partial charge in [0.1, 0.15) is 125 Å². The maximum Gasteiger partial charge on any atom is 0.355 e. The highest BCUT2D eigenvalue weighted by Crippen LogP contribution is 2.43. The summed E-state index contributed by atoms with van der Waals surface area (Å²) in [6.07, 6.45) is -7.23. The van der Waals surface area contributed by atoms with E-state index in [-0.39, 0.29) is 119 Å². The third-order valence-electron chi connectivity index (χ3n) is 17.7. The minimum atomic E-state index is -1.84. The number of benzene rings is 1. The molecule has 5 amide bonds. The lowest BCUT2D eigenvalue weighted by Crippen LogP contribution is -2.62. The predicted molar refractivity (Wildman–Crippen MR) is 363 cm³/mol. The van der Waals surface area contributed by atoms with E-state index in [9.17, 15) is 34.8 Å². The average Bonchev–Trinajstić information content (AvgIpc) is 1.55. The third-order valence-corrected chi connectivity index (χ3v) is 22.2. The molecule has 5 aliphatic heterocycles. The van der Waals surface area contributed by atoms with Crippen molar-refractivity contribution in [2.24, 2.45) is 0 Å². The van der Waals surface area contributed by atoms with E-state index >= 15 is 19.2 Å². The number of carbonyl (C=O) groups is 7. The number of esters is 2. The van der Waals surface area contributed by atoms with Gasteiger partial charge in [0.05, 0.1) is 44.2 Å². The number of hydrogen-bond donors (Lipinski definition) is 9. The summed E-state index contributed by atoms with van der Waals surface area (Å²) in [5.41, 5.74) is -0.785. The maximum atomic E-state index is 15.2. The number of fused-ring (bicyclic) bond motifs is 15. The van der Waals surface area contributed by atoms with Crippen molar-refractivity contribution in [3.63, 3.8) is 0 Å². The number of carbonyl (C=O) groups excluding carboxylic acids is 7. The highest BCUT2D eigenvalue weighted by molar-refractivity contribution is 7.14. The number of piperazine rings is 1. The SMILES string of the molecule is CO/C(C)=C1/NC(=O)C(C(C)O)NC(=O)c2csc(n2)-c2cc(O)c(-c3nc(C(=O)N4CCN(CCO)CC4)cs3)nc2-c2csc(n2)C2COC(=O)c3[nH]c4cccc5c4c3COC(C(OC3CC(C)(O)C(N(C)C)C(C)O3)C(=O)OC5)C(NC(=O)c3csc1n3)c1nc(cs1)C(=O)N2. The van der Waals surface area contributed by atoms with E-state index < -0.39 is 115 Å². The second kappa shape index (κ2) is 28.8. The number of nitrogens with zero attached hydrogens (tertiary/aromatic N) is 9. The van der Waals surface area contributed by atoms with Crippen LogP contribution in [0.5, 0.6) is 5.75 Å². The smallest absolute Gasteiger partial charge is 0.355 e. The highest BCUT2D eigenvalue weighted by atomic mass is 32.1. The lowest BCUT2D eigenvalue weighted by molar-refractivity contribution is -0.280. The minimum Gasteiger partial charge on any atom is -0.506 e. The molecule has 1 aromatic carbocycles. The quantitative estimate of drug-likeness (QED) is 0.0722. The van der Waals surface area contributed by atoms with Crippen LogP contribution in [-0.2, 0) is 51.2 Å². The Labute approximate surface area is 589 Å². The van der Waals surface area contributed by atoms with E-state index in [1.165, 1.54) is 43.2 Å². The van der Waals surface area contributed by atoms with Crippen molar-refractivity contribution >= 4 is 115 Å². The molecule has 5 aliphatic rings. The molecule has 100 heavy (non-hydrogen) atoms. The number of pyridine rings is 1. The number of rotatable bonds is 9. The van der Waals surface area contributed by atoms with Crippen molar-refractivity contribution in [2.75, 3.05) is 67.1 Å². The number of hydrogen-bond acceptors (Lipinski definition) is 30. The molecule has 10 unspecified atom stereocenters. The zero-order valence-electron chi connectivity index (χ0n) is 54.6. The zero-order chi connectivity index (χ0) is 70.6. The van der Waals surface area contributed by atoms with Crippen LogP contribution >= 0.6 is 56.7 Å². The van der Waals surface area contributed by atoms with Gasteiger partial charge in [0.25, 0.3) is 23.6 Å². The lowest BCUT2D eigenvalue weighted by Gasteiger charge is -2.48. The normalized spacial score (nSPS) is 25.1. The molecule has 2 saturated heterocycles. The number of H-pyrrole nitrogens is 1. The molecule has 0 aliphatic carbocycles. The average molecular weight is 1470 g/mol. The number of aromatic hydroxyl groups is 1. The fourth-order valence-electron chi connectivity index (χ4n) is 12.8.